The van der Waals surface area contributed by atoms with Gasteiger partial charge in [0.05, 0.1) is 18.4 Å². The molecule has 0 aromatic heterocycles. The lowest BCUT2D eigenvalue weighted by Gasteiger charge is -2.21. The number of halogens is 1. The average Bonchev–Trinajstić information content (AvgIpc) is 2.12. The Morgan fingerprint density at radius 1 is 1.40 bits per heavy atom. The van der Waals surface area contributed by atoms with Gasteiger partial charge in [-0.1, -0.05) is 15.9 Å². The van der Waals surface area contributed by atoms with Gasteiger partial charge in [-0.3, -0.25) is 14.5 Å². The van der Waals surface area contributed by atoms with E-state index in [1.807, 2.05) is 0 Å². The second-order valence-corrected chi connectivity index (χ2v) is 3.64. The van der Waals surface area contributed by atoms with Crippen LogP contribution in [-0.4, -0.2) is 55.1 Å². The molecule has 0 amide bonds. The van der Waals surface area contributed by atoms with E-state index in [-0.39, 0.29) is 18.4 Å². The molecule has 1 heterocycles. The van der Waals surface area contributed by atoms with E-state index in [0.717, 1.165) is 0 Å². The first kappa shape index (κ1) is 12.2. The van der Waals surface area contributed by atoms with Crippen LogP contribution < -0.4 is 0 Å². The molecule has 0 spiro atoms. The summed E-state index contributed by atoms with van der Waals surface area (Å²) < 4.78 is 9.36. The summed E-state index contributed by atoms with van der Waals surface area (Å²) in [6.07, 6.45) is 0. The standard InChI is InChI=1S/C7H9BBrNO5/c1-10-3-6(12)14-8(5(11)2-9)15-7(13)4-10/h2-4H2,1H3. The van der Waals surface area contributed by atoms with E-state index in [2.05, 4.69) is 25.2 Å². The molecule has 0 radical (unpaired) electrons. The van der Waals surface area contributed by atoms with Crippen molar-refractivity contribution in [2.45, 2.75) is 0 Å². The summed E-state index contributed by atoms with van der Waals surface area (Å²) in [7, 11) is 0.160. The molecule has 1 rings (SSSR count). The van der Waals surface area contributed by atoms with Crippen molar-refractivity contribution in [3.8, 4) is 0 Å². The Bertz CT molecular complexity index is 277. The van der Waals surface area contributed by atoms with Gasteiger partial charge in [-0.25, -0.2) is 0 Å². The fourth-order valence-corrected chi connectivity index (χ4v) is 1.29. The fraction of sp³-hybridized carbons (Fsp3) is 0.571. The van der Waals surface area contributed by atoms with E-state index in [1.54, 1.807) is 7.05 Å². The normalized spacial score (nSPS) is 18.9. The van der Waals surface area contributed by atoms with E-state index in [4.69, 9.17) is 0 Å². The maximum atomic E-state index is 11.2. The molecule has 6 nitrogen and oxygen atoms in total. The van der Waals surface area contributed by atoms with Crippen LogP contribution in [-0.2, 0) is 23.7 Å². The molecule has 0 aromatic rings. The van der Waals surface area contributed by atoms with Crippen molar-refractivity contribution in [2.24, 2.45) is 0 Å². The Labute approximate surface area is 95.2 Å². The molecule has 0 N–H and O–H groups in total. The average molecular weight is 278 g/mol. The van der Waals surface area contributed by atoms with Crippen LogP contribution in [0.5, 0.6) is 0 Å². The van der Waals surface area contributed by atoms with Gasteiger partial charge in [-0.2, -0.15) is 0 Å². The number of carbonyl (C=O) groups is 3. The van der Waals surface area contributed by atoms with Crippen LogP contribution in [0.25, 0.3) is 0 Å². The third kappa shape index (κ3) is 3.63. The summed E-state index contributed by atoms with van der Waals surface area (Å²) in [5, 5.41) is -0.0337. The predicted octanol–water partition coefficient (Wildman–Crippen LogP) is -0.990. The van der Waals surface area contributed by atoms with E-state index < -0.39 is 24.7 Å². The SMILES string of the molecule is CN1CC(=O)OB(C(=O)CBr)OC(=O)C1. The minimum Gasteiger partial charge on any atom is -0.492 e. The molecule has 1 saturated heterocycles. The molecule has 82 valence electrons. The first-order chi connectivity index (χ1) is 7.02. The molecule has 1 aliphatic heterocycles. The van der Waals surface area contributed by atoms with E-state index in [1.165, 1.54) is 4.90 Å². The molecule has 0 atom stereocenters. The van der Waals surface area contributed by atoms with Crippen LogP contribution in [0.3, 0.4) is 0 Å². The minimum absolute atomic E-state index is 0.0337. The van der Waals surface area contributed by atoms with Crippen LogP contribution >= 0.6 is 15.9 Å². The highest BCUT2D eigenvalue weighted by Gasteiger charge is 2.38. The van der Waals surface area contributed by atoms with Crippen molar-refractivity contribution in [3.63, 3.8) is 0 Å². The molecular formula is C7H9BBrNO5. The van der Waals surface area contributed by atoms with Crippen molar-refractivity contribution in [1.82, 2.24) is 4.90 Å². The highest BCUT2D eigenvalue weighted by Crippen LogP contribution is 2.02. The topological polar surface area (TPSA) is 72.9 Å². The number of rotatable bonds is 2. The summed E-state index contributed by atoms with van der Waals surface area (Å²) in [6.45, 7) is -0.0810. The molecule has 15 heavy (non-hydrogen) atoms. The predicted molar refractivity (Wildman–Crippen MR) is 54.2 cm³/mol. The number of hydrogen-bond acceptors (Lipinski definition) is 6. The summed E-state index contributed by atoms with van der Waals surface area (Å²) in [5.41, 5.74) is -0.499. The van der Waals surface area contributed by atoms with Crippen molar-refractivity contribution >= 4 is 40.7 Å². The number of nitrogens with zero attached hydrogens (tertiary/aromatic N) is 1. The van der Waals surface area contributed by atoms with Gasteiger partial charge in [0.1, 0.15) is 0 Å². The van der Waals surface area contributed by atoms with Crippen LogP contribution in [0.15, 0.2) is 0 Å². The van der Waals surface area contributed by atoms with Crippen LogP contribution in [0.1, 0.15) is 0 Å². The van der Waals surface area contributed by atoms with Crippen LogP contribution in [0.2, 0.25) is 0 Å². The second-order valence-electron chi connectivity index (χ2n) is 3.08. The van der Waals surface area contributed by atoms with Crippen molar-refractivity contribution < 1.29 is 23.7 Å². The molecule has 0 aliphatic carbocycles. The summed E-state index contributed by atoms with van der Waals surface area (Å²) in [5.74, 6) is -1.19. The number of carbonyl (C=O) groups excluding carboxylic acids is 3. The Balaban J connectivity index is 2.70. The number of hydrogen-bond donors (Lipinski definition) is 0. The Morgan fingerprint density at radius 2 is 1.87 bits per heavy atom. The monoisotopic (exact) mass is 277 g/mol. The third-order valence-corrected chi connectivity index (χ3v) is 2.22. The largest absolute Gasteiger partial charge is 0.675 e. The van der Waals surface area contributed by atoms with Gasteiger partial charge in [0, 0.05) is 0 Å². The number of likely N-dealkylation sites (N-methyl/N-ethyl adjacent to an activating group) is 1. The summed E-state index contributed by atoms with van der Waals surface area (Å²) >= 11 is 2.90. The molecule has 8 heteroatoms. The molecular weight excluding hydrogens is 269 g/mol. The first-order valence-corrected chi connectivity index (χ1v) is 5.31. The van der Waals surface area contributed by atoms with Crippen LogP contribution in [0.4, 0.5) is 0 Å². The Morgan fingerprint density at radius 3 is 2.27 bits per heavy atom. The quantitative estimate of drug-likeness (QED) is 0.477. The Kier molecular flexibility index (Phi) is 4.28. The van der Waals surface area contributed by atoms with Crippen molar-refractivity contribution in [3.05, 3.63) is 0 Å². The maximum Gasteiger partial charge on any atom is 0.675 e. The maximum absolute atomic E-state index is 11.2. The molecule has 0 saturated carbocycles. The Hall–Kier alpha value is -0.885. The molecule has 1 fully saturated rings. The van der Waals surface area contributed by atoms with Gasteiger partial charge in [-0.05, 0) is 7.05 Å². The lowest BCUT2D eigenvalue weighted by atomic mass is 9.84. The van der Waals surface area contributed by atoms with Gasteiger partial charge in [0.25, 0.3) is 0 Å². The van der Waals surface area contributed by atoms with E-state index >= 15 is 0 Å². The zero-order valence-electron chi connectivity index (χ0n) is 8.07. The second kappa shape index (κ2) is 5.27. The lowest BCUT2D eigenvalue weighted by Crippen LogP contribution is -2.46. The van der Waals surface area contributed by atoms with Gasteiger partial charge < -0.3 is 14.1 Å². The van der Waals surface area contributed by atoms with E-state index in [9.17, 15) is 14.4 Å². The third-order valence-electron chi connectivity index (χ3n) is 1.67. The fourth-order valence-electron chi connectivity index (χ4n) is 1.03. The van der Waals surface area contributed by atoms with E-state index in [0.29, 0.717) is 0 Å². The zero-order valence-corrected chi connectivity index (χ0v) is 9.65. The first-order valence-electron chi connectivity index (χ1n) is 4.19. The highest BCUT2D eigenvalue weighted by molar-refractivity contribution is 9.09. The molecule has 0 bridgehead atoms. The molecule has 0 unspecified atom stereocenters. The summed E-state index contributed by atoms with van der Waals surface area (Å²) in [4.78, 5) is 35.0. The van der Waals surface area contributed by atoms with Crippen molar-refractivity contribution in [2.75, 3.05) is 25.5 Å². The molecule has 1 aliphatic rings. The lowest BCUT2D eigenvalue weighted by molar-refractivity contribution is -0.147. The van der Waals surface area contributed by atoms with Gasteiger partial charge in [0.15, 0.2) is 0 Å². The van der Waals surface area contributed by atoms with Crippen molar-refractivity contribution in [1.29, 1.82) is 0 Å². The van der Waals surface area contributed by atoms with Gasteiger partial charge >= 0.3 is 19.1 Å². The minimum atomic E-state index is -1.42. The molecule has 0 aromatic carbocycles. The number of alkyl halides is 1. The van der Waals surface area contributed by atoms with Crippen LogP contribution in [0, 0.1) is 0 Å². The zero-order chi connectivity index (χ0) is 11.4. The van der Waals surface area contributed by atoms with Gasteiger partial charge in [0.2, 0.25) is 5.68 Å². The highest BCUT2D eigenvalue weighted by atomic mass is 79.9. The summed E-state index contributed by atoms with van der Waals surface area (Å²) in [6, 6.07) is 0. The smallest absolute Gasteiger partial charge is 0.492 e. The van der Waals surface area contributed by atoms with Gasteiger partial charge in [-0.15, -0.1) is 0 Å².